The molecule has 23 heavy (non-hydrogen) atoms. The number of anilines is 2. The highest BCUT2D eigenvalue weighted by atomic mass is 35.5. The molecular formula is C16H16Cl2N4O. The van der Waals surface area contributed by atoms with Crippen LogP contribution in [0.4, 0.5) is 11.5 Å². The van der Waals surface area contributed by atoms with E-state index in [1.165, 1.54) is 0 Å². The summed E-state index contributed by atoms with van der Waals surface area (Å²) in [4.78, 5) is 18.8. The summed E-state index contributed by atoms with van der Waals surface area (Å²) in [7, 11) is 0. The lowest BCUT2D eigenvalue weighted by molar-refractivity contribution is 0.0736. The third kappa shape index (κ3) is 3.75. The van der Waals surface area contributed by atoms with Crippen LogP contribution in [0.1, 0.15) is 10.4 Å². The number of carbonyl (C=O) groups is 1. The quantitative estimate of drug-likeness (QED) is 0.892. The van der Waals surface area contributed by atoms with Gasteiger partial charge in [-0.3, -0.25) is 4.79 Å². The third-order valence-corrected chi connectivity index (χ3v) is 4.36. The Bertz CT molecular complexity index is 717. The number of nitrogens with zero attached hydrogens (tertiary/aromatic N) is 2. The van der Waals surface area contributed by atoms with Crippen LogP contribution < -0.4 is 10.6 Å². The first-order valence-corrected chi connectivity index (χ1v) is 8.08. The molecule has 0 aliphatic carbocycles. The lowest BCUT2D eigenvalue weighted by Crippen LogP contribution is -2.46. The number of hydrogen-bond acceptors (Lipinski definition) is 4. The van der Waals surface area contributed by atoms with Gasteiger partial charge in [-0.15, -0.1) is 0 Å². The summed E-state index contributed by atoms with van der Waals surface area (Å²) in [6, 6.07) is 8.74. The van der Waals surface area contributed by atoms with E-state index in [0.29, 0.717) is 34.5 Å². The highest BCUT2D eigenvalue weighted by molar-refractivity contribution is 6.42. The fourth-order valence-electron chi connectivity index (χ4n) is 2.43. The smallest absolute Gasteiger partial charge is 0.257 e. The number of nitrogens with one attached hydrogen (secondary N) is 2. The summed E-state index contributed by atoms with van der Waals surface area (Å²) < 4.78 is 0. The number of carbonyl (C=O) groups excluding carboxylic acids is 1. The molecule has 1 aromatic carbocycles. The molecule has 7 heteroatoms. The van der Waals surface area contributed by atoms with Gasteiger partial charge >= 0.3 is 0 Å². The van der Waals surface area contributed by atoms with Gasteiger partial charge in [0.15, 0.2) is 0 Å². The number of aromatic nitrogens is 1. The van der Waals surface area contributed by atoms with Gasteiger partial charge in [-0.25, -0.2) is 4.98 Å². The van der Waals surface area contributed by atoms with Gasteiger partial charge < -0.3 is 15.5 Å². The molecule has 1 aliphatic heterocycles. The van der Waals surface area contributed by atoms with Crippen molar-refractivity contribution in [2.24, 2.45) is 0 Å². The summed E-state index contributed by atoms with van der Waals surface area (Å²) >= 11 is 12.0. The molecule has 1 saturated heterocycles. The lowest BCUT2D eigenvalue weighted by atomic mass is 10.2. The topological polar surface area (TPSA) is 57.3 Å². The van der Waals surface area contributed by atoms with Crippen LogP contribution in [-0.2, 0) is 0 Å². The first-order chi connectivity index (χ1) is 11.1. The number of hydrogen-bond donors (Lipinski definition) is 2. The molecule has 1 amide bonds. The summed E-state index contributed by atoms with van der Waals surface area (Å²) in [6.45, 7) is 3.00. The van der Waals surface area contributed by atoms with Crippen molar-refractivity contribution >= 4 is 40.6 Å². The van der Waals surface area contributed by atoms with Crippen LogP contribution in [0, 0.1) is 0 Å². The van der Waals surface area contributed by atoms with Gasteiger partial charge in [0.1, 0.15) is 5.82 Å². The van der Waals surface area contributed by atoms with Gasteiger partial charge in [-0.1, -0.05) is 23.2 Å². The monoisotopic (exact) mass is 350 g/mol. The molecule has 0 unspecified atom stereocenters. The van der Waals surface area contributed by atoms with Gasteiger partial charge in [0.05, 0.1) is 15.6 Å². The Morgan fingerprint density at radius 3 is 2.70 bits per heavy atom. The van der Waals surface area contributed by atoms with E-state index < -0.39 is 0 Å². The van der Waals surface area contributed by atoms with E-state index in [-0.39, 0.29) is 5.91 Å². The van der Waals surface area contributed by atoms with Gasteiger partial charge in [0, 0.05) is 38.1 Å². The molecule has 2 aromatic rings. The molecule has 0 bridgehead atoms. The Morgan fingerprint density at radius 2 is 1.96 bits per heavy atom. The van der Waals surface area contributed by atoms with E-state index in [2.05, 4.69) is 15.6 Å². The van der Waals surface area contributed by atoms with E-state index in [1.54, 1.807) is 36.5 Å². The molecule has 5 nitrogen and oxygen atoms in total. The fourth-order valence-corrected chi connectivity index (χ4v) is 2.72. The molecule has 0 spiro atoms. The van der Waals surface area contributed by atoms with Crippen LogP contribution in [0.15, 0.2) is 36.5 Å². The first kappa shape index (κ1) is 16.1. The predicted molar refractivity (Wildman–Crippen MR) is 92.8 cm³/mol. The minimum Gasteiger partial charge on any atom is -0.340 e. The summed E-state index contributed by atoms with van der Waals surface area (Å²) in [6.07, 6.45) is 1.65. The van der Waals surface area contributed by atoms with E-state index in [4.69, 9.17) is 23.2 Å². The van der Waals surface area contributed by atoms with E-state index in [9.17, 15) is 4.79 Å². The highest BCUT2D eigenvalue weighted by Crippen LogP contribution is 2.27. The molecule has 1 aromatic heterocycles. The van der Waals surface area contributed by atoms with Crippen LogP contribution in [0.2, 0.25) is 10.0 Å². The van der Waals surface area contributed by atoms with Crippen molar-refractivity contribution in [2.75, 3.05) is 31.5 Å². The Balaban J connectivity index is 1.85. The van der Waals surface area contributed by atoms with Gasteiger partial charge in [0.2, 0.25) is 0 Å². The minimum atomic E-state index is -0.0258. The molecular weight excluding hydrogens is 335 g/mol. The number of piperazine rings is 1. The van der Waals surface area contributed by atoms with Gasteiger partial charge in [-0.2, -0.15) is 0 Å². The second-order valence-electron chi connectivity index (χ2n) is 5.20. The standard InChI is InChI=1S/C16H16Cl2N4O/c17-13-4-3-11(10-14(13)18)21-15-12(2-1-5-20-15)16(23)22-8-6-19-7-9-22/h1-5,10,19H,6-9H2,(H,20,21). The summed E-state index contributed by atoms with van der Waals surface area (Å²) in [5, 5.41) is 7.31. The van der Waals surface area contributed by atoms with E-state index >= 15 is 0 Å². The summed E-state index contributed by atoms with van der Waals surface area (Å²) in [5.74, 6) is 0.483. The number of rotatable bonds is 3. The zero-order valence-electron chi connectivity index (χ0n) is 12.4. The van der Waals surface area contributed by atoms with E-state index in [1.807, 2.05) is 4.90 Å². The molecule has 0 atom stereocenters. The predicted octanol–water partition coefficient (Wildman–Crippen LogP) is 3.18. The average Bonchev–Trinajstić information content (AvgIpc) is 2.59. The normalized spacial score (nSPS) is 14.6. The average molecular weight is 351 g/mol. The highest BCUT2D eigenvalue weighted by Gasteiger charge is 2.21. The Labute approximate surface area is 144 Å². The molecule has 3 rings (SSSR count). The Kier molecular flexibility index (Phi) is 5.00. The largest absolute Gasteiger partial charge is 0.340 e. The summed E-state index contributed by atoms with van der Waals surface area (Å²) in [5.41, 5.74) is 1.27. The number of pyridine rings is 1. The maximum Gasteiger partial charge on any atom is 0.257 e. The molecule has 2 heterocycles. The number of amides is 1. The Hall–Kier alpha value is -1.82. The first-order valence-electron chi connectivity index (χ1n) is 7.32. The molecule has 1 aliphatic rings. The number of benzene rings is 1. The second kappa shape index (κ2) is 7.17. The van der Waals surface area contributed by atoms with Crippen molar-refractivity contribution in [3.8, 4) is 0 Å². The minimum absolute atomic E-state index is 0.0258. The maximum atomic E-state index is 12.7. The third-order valence-electron chi connectivity index (χ3n) is 3.62. The molecule has 120 valence electrons. The van der Waals surface area contributed by atoms with Crippen molar-refractivity contribution in [1.29, 1.82) is 0 Å². The maximum absolute atomic E-state index is 12.7. The zero-order chi connectivity index (χ0) is 16.2. The fraction of sp³-hybridized carbons (Fsp3) is 0.250. The van der Waals surface area contributed by atoms with Crippen LogP contribution >= 0.6 is 23.2 Å². The van der Waals surface area contributed by atoms with Crippen molar-refractivity contribution in [1.82, 2.24) is 15.2 Å². The molecule has 1 fully saturated rings. The second-order valence-corrected chi connectivity index (χ2v) is 6.01. The SMILES string of the molecule is O=C(c1cccnc1Nc1ccc(Cl)c(Cl)c1)N1CCNCC1. The molecule has 0 radical (unpaired) electrons. The molecule has 2 N–H and O–H groups in total. The molecule has 0 saturated carbocycles. The van der Waals surface area contributed by atoms with Crippen molar-refractivity contribution in [3.05, 3.63) is 52.1 Å². The van der Waals surface area contributed by atoms with Gasteiger partial charge in [0.25, 0.3) is 5.91 Å². The lowest BCUT2D eigenvalue weighted by Gasteiger charge is -2.28. The van der Waals surface area contributed by atoms with Crippen LogP contribution in [0.5, 0.6) is 0 Å². The van der Waals surface area contributed by atoms with Crippen molar-refractivity contribution in [3.63, 3.8) is 0 Å². The zero-order valence-corrected chi connectivity index (χ0v) is 13.9. The Morgan fingerprint density at radius 1 is 1.17 bits per heavy atom. The van der Waals surface area contributed by atoms with Crippen LogP contribution in [-0.4, -0.2) is 42.0 Å². The van der Waals surface area contributed by atoms with Crippen molar-refractivity contribution < 1.29 is 4.79 Å². The van der Waals surface area contributed by atoms with E-state index in [0.717, 1.165) is 18.8 Å². The van der Waals surface area contributed by atoms with Gasteiger partial charge in [-0.05, 0) is 30.3 Å². The van der Waals surface area contributed by atoms with Crippen molar-refractivity contribution in [2.45, 2.75) is 0 Å². The van der Waals surface area contributed by atoms with Crippen LogP contribution in [0.25, 0.3) is 0 Å². The van der Waals surface area contributed by atoms with Crippen LogP contribution in [0.3, 0.4) is 0 Å². The number of halogens is 2.